The van der Waals surface area contributed by atoms with Gasteiger partial charge in [-0.2, -0.15) is 15.0 Å². The molecule has 3 heterocycles. The Bertz CT molecular complexity index is 826. The van der Waals surface area contributed by atoms with Crippen molar-refractivity contribution in [2.75, 3.05) is 36.9 Å². The highest BCUT2D eigenvalue weighted by atomic mass is 16.5. The van der Waals surface area contributed by atoms with Gasteiger partial charge < -0.3 is 19.9 Å². The number of para-hydroxylation sites is 2. The first-order valence-electron chi connectivity index (χ1n) is 7.52. The Kier molecular flexibility index (Phi) is 3.51. The zero-order chi connectivity index (χ0) is 15.6. The highest BCUT2D eigenvalue weighted by molar-refractivity contribution is 5.75. The molecule has 8 nitrogen and oxygen atoms in total. The molecule has 1 aromatic carbocycles. The first kappa shape index (κ1) is 13.9. The van der Waals surface area contributed by atoms with Crippen molar-refractivity contribution in [3.63, 3.8) is 0 Å². The zero-order valence-corrected chi connectivity index (χ0v) is 12.6. The number of morpholine rings is 1. The van der Waals surface area contributed by atoms with Crippen LogP contribution in [0.5, 0.6) is 0 Å². The summed E-state index contributed by atoms with van der Waals surface area (Å²) in [4.78, 5) is 19.5. The Morgan fingerprint density at radius 1 is 1.09 bits per heavy atom. The molecule has 2 aromatic heterocycles. The lowest BCUT2D eigenvalue weighted by Crippen LogP contribution is -2.37. The summed E-state index contributed by atoms with van der Waals surface area (Å²) < 4.78 is 7.37. The van der Waals surface area contributed by atoms with Gasteiger partial charge in [-0.1, -0.05) is 12.1 Å². The van der Waals surface area contributed by atoms with Gasteiger partial charge >= 0.3 is 0 Å². The first-order chi connectivity index (χ1) is 11.3. The zero-order valence-electron chi connectivity index (χ0n) is 12.6. The van der Waals surface area contributed by atoms with Crippen LogP contribution in [-0.4, -0.2) is 50.8 Å². The smallest absolute Gasteiger partial charge is 0.230 e. The molecule has 23 heavy (non-hydrogen) atoms. The monoisotopic (exact) mass is 311 g/mol. The van der Waals surface area contributed by atoms with Gasteiger partial charge in [0.05, 0.1) is 37.1 Å². The van der Waals surface area contributed by atoms with Crippen LogP contribution in [0.3, 0.4) is 0 Å². The Labute approximate surface area is 133 Å². The minimum absolute atomic E-state index is 0.237. The fourth-order valence-electron chi connectivity index (χ4n) is 2.69. The Hall–Kier alpha value is -2.74. The number of fused-ring (bicyclic) bond motifs is 1. The van der Waals surface area contributed by atoms with Gasteiger partial charge in [-0.25, -0.2) is 4.98 Å². The quantitative estimate of drug-likeness (QED) is 0.760. The van der Waals surface area contributed by atoms with Crippen molar-refractivity contribution in [3.05, 3.63) is 36.4 Å². The van der Waals surface area contributed by atoms with Gasteiger partial charge in [-0.15, -0.1) is 0 Å². The van der Waals surface area contributed by atoms with E-state index in [4.69, 9.17) is 10.5 Å². The number of ether oxygens (including phenoxy) is 1. The van der Waals surface area contributed by atoms with E-state index in [1.165, 1.54) is 0 Å². The van der Waals surface area contributed by atoms with E-state index < -0.39 is 0 Å². The summed E-state index contributed by atoms with van der Waals surface area (Å²) in [5.41, 5.74) is 7.85. The summed E-state index contributed by atoms with van der Waals surface area (Å²) in [6, 6.07) is 7.96. The molecule has 0 spiro atoms. The van der Waals surface area contributed by atoms with Crippen LogP contribution in [0.4, 0.5) is 11.9 Å². The van der Waals surface area contributed by atoms with Gasteiger partial charge in [0.1, 0.15) is 0 Å². The number of imidazole rings is 1. The molecular weight excluding hydrogens is 294 g/mol. The van der Waals surface area contributed by atoms with Crippen LogP contribution in [0.25, 0.3) is 11.0 Å². The molecule has 8 heteroatoms. The van der Waals surface area contributed by atoms with Gasteiger partial charge in [0.25, 0.3) is 0 Å². The number of nitrogens with two attached hydrogens (primary N) is 1. The molecule has 0 atom stereocenters. The van der Waals surface area contributed by atoms with Crippen LogP contribution >= 0.6 is 0 Å². The minimum atomic E-state index is 0.237. The van der Waals surface area contributed by atoms with Gasteiger partial charge in [0.2, 0.25) is 11.9 Å². The van der Waals surface area contributed by atoms with Crippen molar-refractivity contribution in [1.29, 1.82) is 0 Å². The summed E-state index contributed by atoms with van der Waals surface area (Å²) in [5, 5.41) is 0. The van der Waals surface area contributed by atoms with E-state index in [1.807, 2.05) is 28.8 Å². The first-order valence-corrected chi connectivity index (χ1v) is 7.52. The van der Waals surface area contributed by atoms with E-state index in [1.54, 1.807) is 6.33 Å². The number of aromatic nitrogens is 5. The summed E-state index contributed by atoms with van der Waals surface area (Å²) >= 11 is 0. The molecule has 4 rings (SSSR count). The van der Waals surface area contributed by atoms with Crippen molar-refractivity contribution in [1.82, 2.24) is 24.5 Å². The van der Waals surface area contributed by atoms with Crippen molar-refractivity contribution >= 4 is 22.9 Å². The molecule has 1 saturated heterocycles. The fourth-order valence-corrected chi connectivity index (χ4v) is 2.69. The van der Waals surface area contributed by atoms with Crippen molar-refractivity contribution in [3.8, 4) is 0 Å². The maximum Gasteiger partial charge on any atom is 0.230 e. The number of benzene rings is 1. The minimum Gasteiger partial charge on any atom is -0.378 e. The lowest BCUT2D eigenvalue weighted by Gasteiger charge is -2.26. The Balaban J connectivity index is 1.64. The molecule has 0 radical (unpaired) electrons. The maximum atomic E-state index is 5.86. The SMILES string of the molecule is Nc1nc(Cn2cnc3ccccc32)nc(N2CCOCC2)n1. The van der Waals surface area contributed by atoms with E-state index in [0.717, 1.165) is 24.1 Å². The predicted molar refractivity (Wildman–Crippen MR) is 86.1 cm³/mol. The molecule has 1 aliphatic heterocycles. The standard InChI is InChI=1S/C15H17N7O/c16-14-18-13(19-15(20-14)21-5-7-23-8-6-21)9-22-10-17-11-3-1-2-4-12(11)22/h1-4,10H,5-9H2,(H2,16,18,19,20). The third-order valence-electron chi connectivity index (χ3n) is 3.82. The predicted octanol–water partition coefficient (Wildman–Crippen LogP) is 0.688. The number of hydrogen-bond donors (Lipinski definition) is 1. The molecular formula is C15H17N7O. The summed E-state index contributed by atoms with van der Waals surface area (Å²) in [6.07, 6.45) is 1.79. The second-order valence-electron chi connectivity index (χ2n) is 5.37. The van der Waals surface area contributed by atoms with E-state index in [9.17, 15) is 0 Å². The second kappa shape index (κ2) is 5.81. The molecule has 0 unspecified atom stereocenters. The molecule has 0 saturated carbocycles. The lowest BCUT2D eigenvalue weighted by atomic mass is 10.3. The molecule has 0 amide bonds. The Morgan fingerprint density at radius 2 is 1.91 bits per heavy atom. The number of rotatable bonds is 3. The largest absolute Gasteiger partial charge is 0.378 e. The van der Waals surface area contributed by atoms with Crippen molar-refractivity contribution in [2.24, 2.45) is 0 Å². The van der Waals surface area contributed by atoms with Crippen LogP contribution in [0.1, 0.15) is 5.82 Å². The van der Waals surface area contributed by atoms with Crippen molar-refractivity contribution < 1.29 is 4.74 Å². The highest BCUT2D eigenvalue weighted by Crippen LogP contribution is 2.15. The highest BCUT2D eigenvalue weighted by Gasteiger charge is 2.16. The van der Waals surface area contributed by atoms with Crippen LogP contribution in [0, 0.1) is 0 Å². The van der Waals surface area contributed by atoms with Crippen molar-refractivity contribution in [2.45, 2.75) is 6.54 Å². The van der Waals surface area contributed by atoms with E-state index in [-0.39, 0.29) is 5.95 Å². The van der Waals surface area contributed by atoms with Crippen LogP contribution < -0.4 is 10.6 Å². The number of nitrogens with zero attached hydrogens (tertiary/aromatic N) is 6. The Morgan fingerprint density at radius 3 is 2.78 bits per heavy atom. The van der Waals surface area contributed by atoms with E-state index >= 15 is 0 Å². The van der Waals surface area contributed by atoms with E-state index in [2.05, 4.69) is 24.8 Å². The fraction of sp³-hybridized carbons (Fsp3) is 0.333. The third-order valence-corrected chi connectivity index (χ3v) is 3.82. The van der Waals surface area contributed by atoms with Crippen LogP contribution in [0.2, 0.25) is 0 Å². The van der Waals surface area contributed by atoms with E-state index in [0.29, 0.717) is 31.5 Å². The van der Waals surface area contributed by atoms with Gasteiger partial charge in [0.15, 0.2) is 5.82 Å². The molecule has 2 N–H and O–H groups in total. The molecule has 1 aliphatic rings. The molecule has 3 aromatic rings. The second-order valence-corrected chi connectivity index (χ2v) is 5.37. The molecule has 0 bridgehead atoms. The number of anilines is 2. The molecule has 0 aliphatic carbocycles. The average molecular weight is 311 g/mol. The molecule has 1 fully saturated rings. The van der Waals surface area contributed by atoms with Gasteiger partial charge in [0, 0.05) is 13.1 Å². The van der Waals surface area contributed by atoms with Gasteiger partial charge in [-0.05, 0) is 12.1 Å². The van der Waals surface area contributed by atoms with Crippen LogP contribution in [0.15, 0.2) is 30.6 Å². The summed E-state index contributed by atoms with van der Waals surface area (Å²) in [7, 11) is 0. The number of nitrogen functional groups attached to an aromatic ring is 1. The third kappa shape index (κ3) is 2.80. The number of hydrogen-bond acceptors (Lipinski definition) is 7. The van der Waals surface area contributed by atoms with Gasteiger partial charge in [-0.3, -0.25) is 0 Å². The average Bonchev–Trinajstić information content (AvgIpc) is 2.98. The summed E-state index contributed by atoms with van der Waals surface area (Å²) in [6.45, 7) is 3.37. The maximum absolute atomic E-state index is 5.86. The topological polar surface area (TPSA) is 95.0 Å². The van der Waals surface area contributed by atoms with Crippen LogP contribution in [-0.2, 0) is 11.3 Å². The normalized spacial score (nSPS) is 15.2. The lowest BCUT2D eigenvalue weighted by molar-refractivity contribution is 0.122. The molecule has 118 valence electrons. The summed E-state index contributed by atoms with van der Waals surface area (Å²) in [5.74, 6) is 1.48.